The first-order chi connectivity index (χ1) is 12.5. The average Bonchev–Trinajstić information content (AvgIpc) is 3.04. The highest BCUT2D eigenvalue weighted by molar-refractivity contribution is 7.89. The first-order valence-corrected chi connectivity index (χ1v) is 10.6. The number of carboxylic acids is 1. The first kappa shape index (κ1) is 21.4. The summed E-state index contributed by atoms with van der Waals surface area (Å²) in [7, 11) is -3.92. The van der Waals surface area contributed by atoms with Crippen molar-refractivity contribution in [3.05, 3.63) is 35.9 Å². The number of hydrogen-bond acceptors (Lipinski definition) is 5. The van der Waals surface area contributed by atoms with E-state index in [1.54, 1.807) is 45.0 Å². The second-order valence-electron chi connectivity index (χ2n) is 7.81. The van der Waals surface area contributed by atoms with Crippen LogP contribution in [-0.2, 0) is 30.8 Å². The summed E-state index contributed by atoms with van der Waals surface area (Å²) in [4.78, 5) is 24.0. The van der Waals surface area contributed by atoms with E-state index < -0.39 is 45.3 Å². The molecule has 1 aromatic carbocycles. The van der Waals surface area contributed by atoms with Gasteiger partial charge in [-0.15, -0.1) is 0 Å². The fourth-order valence-electron chi connectivity index (χ4n) is 3.14. The summed E-state index contributed by atoms with van der Waals surface area (Å²) >= 11 is 0. The molecule has 0 saturated carbocycles. The maximum atomic E-state index is 12.9. The lowest BCUT2D eigenvalue weighted by Crippen LogP contribution is -2.46. The van der Waals surface area contributed by atoms with E-state index in [0.29, 0.717) is 12.8 Å². The largest absolute Gasteiger partial charge is 0.481 e. The number of nitrogens with zero attached hydrogens (tertiary/aromatic N) is 1. The van der Waals surface area contributed by atoms with Crippen molar-refractivity contribution in [2.24, 2.45) is 5.92 Å². The molecule has 0 radical (unpaired) electrons. The number of esters is 1. The monoisotopic (exact) mass is 397 g/mol. The summed E-state index contributed by atoms with van der Waals surface area (Å²) in [6.07, 6.45) is 1.03. The molecule has 0 spiro atoms. The number of carboxylic acid groups (broad SMARTS) is 1. The molecule has 0 aliphatic carbocycles. The number of carbonyl (C=O) groups excluding carboxylic acids is 1. The van der Waals surface area contributed by atoms with Crippen molar-refractivity contribution in [1.82, 2.24) is 4.31 Å². The zero-order chi connectivity index (χ0) is 20.2. The molecular formula is C19H27NO6S. The maximum Gasteiger partial charge on any atom is 0.324 e. The van der Waals surface area contributed by atoms with Gasteiger partial charge in [0.1, 0.15) is 11.6 Å². The molecule has 1 heterocycles. The molecule has 8 heteroatoms. The molecule has 1 fully saturated rings. The average molecular weight is 397 g/mol. The summed E-state index contributed by atoms with van der Waals surface area (Å²) in [5.74, 6) is -3.39. The standard InChI is InChI=1S/C19H27NO6S/c1-19(2,3)26-18(23)16-10-7-11-20(16)27(24,25)13-15(17(21)22)12-14-8-5-4-6-9-14/h4-6,8-9,15-16H,7,10-13H2,1-3H3,(H,21,22)/t15-,16+/m1/s1. The topological polar surface area (TPSA) is 101 Å². The number of aliphatic carboxylic acids is 1. The van der Waals surface area contributed by atoms with E-state index in [2.05, 4.69) is 0 Å². The van der Waals surface area contributed by atoms with E-state index in [9.17, 15) is 23.1 Å². The van der Waals surface area contributed by atoms with E-state index in [1.807, 2.05) is 6.07 Å². The smallest absolute Gasteiger partial charge is 0.324 e. The third-order valence-corrected chi connectivity index (χ3v) is 6.30. The van der Waals surface area contributed by atoms with Crippen LogP contribution in [-0.4, -0.2) is 53.7 Å². The fourth-order valence-corrected chi connectivity index (χ4v) is 5.09. The van der Waals surface area contributed by atoms with E-state index in [1.165, 1.54) is 0 Å². The predicted molar refractivity (Wildman–Crippen MR) is 101 cm³/mol. The van der Waals surface area contributed by atoms with Gasteiger partial charge < -0.3 is 9.84 Å². The molecule has 0 aromatic heterocycles. The Labute approximate surface area is 160 Å². The molecule has 1 aliphatic rings. The summed E-state index contributed by atoms with van der Waals surface area (Å²) in [6.45, 7) is 5.36. The van der Waals surface area contributed by atoms with Gasteiger partial charge in [0.2, 0.25) is 10.0 Å². The number of rotatable bonds is 7. The summed E-state index contributed by atoms with van der Waals surface area (Å²) in [6, 6.07) is 8.01. The third kappa shape index (κ3) is 6.04. The molecule has 7 nitrogen and oxygen atoms in total. The molecule has 0 bridgehead atoms. The van der Waals surface area contributed by atoms with Crippen LogP contribution in [0.4, 0.5) is 0 Å². The molecule has 0 amide bonds. The lowest BCUT2D eigenvalue weighted by Gasteiger charge is -2.27. The fraction of sp³-hybridized carbons (Fsp3) is 0.579. The van der Waals surface area contributed by atoms with Gasteiger partial charge in [-0.1, -0.05) is 30.3 Å². The molecule has 1 aliphatic heterocycles. The van der Waals surface area contributed by atoms with Gasteiger partial charge >= 0.3 is 11.9 Å². The number of hydrogen-bond donors (Lipinski definition) is 1. The van der Waals surface area contributed by atoms with E-state index in [-0.39, 0.29) is 13.0 Å². The SMILES string of the molecule is CC(C)(C)OC(=O)[C@@H]1CCCN1S(=O)(=O)C[C@@H](Cc1ccccc1)C(=O)O. The lowest BCUT2D eigenvalue weighted by molar-refractivity contribution is -0.158. The Hall–Kier alpha value is -1.93. The molecule has 1 saturated heterocycles. The summed E-state index contributed by atoms with van der Waals surface area (Å²) < 4.78 is 32.2. The van der Waals surface area contributed by atoms with Crippen LogP contribution in [0.1, 0.15) is 39.2 Å². The Morgan fingerprint density at radius 1 is 1.26 bits per heavy atom. The quantitative estimate of drug-likeness (QED) is 0.707. The molecule has 0 unspecified atom stereocenters. The lowest BCUT2D eigenvalue weighted by atomic mass is 10.0. The van der Waals surface area contributed by atoms with E-state index in [0.717, 1.165) is 9.87 Å². The van der Waals surface area contributed by atoms with Crippen LogP contribution < -0.4 is 0 Å². The van der Waals surface area contributed by atoms with Crippen molar-refractivity contribution >= 4 is 22.0 Å². The normalized spacial score (nSPS) is 19.6. The van der Waals surface area contributed by atoms with Crippen molar-refractivity contribution in [2.75, 3.05) is 12.3 Å². The Balaban J connectivity index is 2.14. The van der Waals surface area contributed by atoms with Crippen LogP contribution in [0.3, 0.4) is 0 Å². The van der Waals surface area contributed by atoms with Gasteiger partial charge in [0.25, 0.3) is 0 Å². The van der Waals surface area contributed by atoms with Crippen LogP contribution in [0.25, 0.3) is 0 Å². The van der Waals surface area contributed by atoms with Gasteiger partial charge in [-0.25, -0.2) is 8.42 Å². The van der Waals surface area contributed by atoms with Crippen molar-refractivity contribution in [3.63, 3.8) is 0 Å². The minimum atomic E-state index is -3.92. The highest BCUT2D eigenvalue weighted by atomic mass is 32.2. The van der Waals surface area contributed by atoms with Crippen molar-refractivity contribution < 1.29 is 27.9 Å². The number of carbonyl (C=O) groups is 2. The van der Waals surface area contributed by atoms with Crippen LogP contribution >= 0.6 is 0 Å². The van der Waals surface area contributed by atoms with Gasteiger partial charge in [0.05, 0.1) is 11.7 Å². The number of benzene rings is 1. The van der Waals surface area contributed by atoms with E-state index >= 15 is 0 Å². The number of sulfonamides is 1. The van der Waals surface area contributed by atoms with E-state index in [4.69, 9.17) is 4.74 Å². The minimum absolute atomic E-state index is 0.111. The second-order valence-corrected chi connectivity index (χ2v) is 9.77. The third-order valence-electron chi connectivity index (χ3n) is 4.33. The zero-order valence-corrected chi connectivity index (χ0v) is 16.7. The molecule has 150 valence electrons. The van der Waals surface area contributed by atoms with Crippen molar-refractivity contribution in [2.45, 2.75) is 51.7 Å². The highest BCUT2D eigenvalue weighted by Gasteiger charge is 2.42. The van der Waals surface area contributed by atoms with Gasteiger partial charge in [-0.3, -0.25) is 9.59 Å². The van der Waals surface area contributed by atoms with Crippen LogP contribution in [0.15, 0.2) is 30.3 Å². The summed E-state index contributed by atoms with van der Waals surface area (Å²) in [5.41, 5.74) is 0.0386. The second kappa shape index (κ2) is 8.39. The Kier molecular flexibility index (Phi) is 6.64. The molecule has 2 rings (SSSR count). The highest BCUT2D eigenvalue weighted by Crippen LogP contribution is 2.26. The van der Waals surface area contributed by atoms with Crippen molar-refractivity contribution in [1.29, 1.82) is 0 Å². The molecular weight excluding hydrogens is 370 g/mol. The van der Waals surface area contributed by atoms with Crippen LogP contribution in [0.2, 0.25) is 0 Å². The Bertz CT molecular complexity index is 769. The Morgan fingerprint density at radius 2 is 1.89 bits per heavy atom. The minimum Gasteiger partial charge on any atom is -0.481 e. The molecule has 1 N–H and O–H groups in total. The Morgan fingerprint density at radius 3 is 2.44 bits per heavy atom. The summed E-state index contributed by atoms with van der Waals surface area (Å²) in [5, 5.41) is 9.49. The molecule has 27 heavy (non-hydrogen) atoms. The van der Waals surface area contributed by atoms with Gasteiger partial charge in [0.15, 0.2) is 0 Å². The van der Waals surface area contributed by atoms with Gasteiger partial charge in [-0.05, 0) is 45.6 Å². The van der Waals surface area contributed by atoms with Crippen molar-refractivity contribution in [3.8, 4) is 0 Å². The predicted octanol–water partition coefficient (Wildman–Crippen LogP) is 2.07. The number of ether oxygens (including phenoxy) is 1. The van der Waals surface area contributed by atoms with Crippen LogP contribution in [0, 0.1) is 5.92 Å². The first-order valence-electron chi connectivity index (χ1n) is 8.99. The molecule has 1 aromatic rings. The van der Waals surface area contributed by atoms with Gasteiger partial charge in [-0.2, -0.15) is 4.31 Å². The molecule has 2 atom stereocenters. The zero-order valence-electron chi connectivity index (χ0n) is 15.9. The van der Waals surface area contributed by atoms with Crippen LogP contribution in [0.5, 0.6) is 0 Å². The maximum absolute atomic E-state index is 12.9. The van der Waals surface area contributed by atoms with Gasteiger partial charge in [0, 0.05) is 6.54 Å².